The summed E-state index contributed by atoms with van der Waals surface area (Å²) in [4.78, 5) is 4.33. The summed E-state index contributed by atoms with van der Waals surface area (Å²) in [5.74, 6) is 0.640. The van der Waals surface area contributed by atoms with Crippen LogP contribution in [0.15, 0.2) is 18.2 Å². The molecule has 4 nitrogen and oxygen atoms in total. The van der Waals surface area contributed by atoms with Gasteiger partial charge in [-0.2, -0.15) is 13.2 Å². The monoisotopic (exact) mass is 315 g/mol. The molecule has 7 heteroatoms. The van der Waals surface area contributed by atoms with Gasteiger partial charge in [0.1, 0.15) is 5.82 Å². The van der Waals surface area contributed by atoms with E-state index in [1.165, 1.54) is 6.07 Å². The van der Waals surface area contributed by atoms with Crippen LogP contribution < -0.4 is 5.32 Å². The molecule has 122 valence electrons. The fraction of sp³-hybridized carbons (Fsp3) is 0.533. The number of alkyl halides is 3. The predicted molar refractivity (Wildman–Crippen MR) is 78.4 cm³/mol. The molecule has 2 unspecified atom stereocenters. The Bertz CT molecular complexity index is 647. The molecule has 22 heavy (non-hydrogen) atoms. The molecule has 0 saturated heterocycles. The molecule has 0 aliphatic rings. The van der Waals surface area contributed by atoms with Gasteiger partial charge in [0.2, 0.25) is 0 Å². The van der Waals surface area contributed by atoms with Crippen molar-refractivity contribution in [1.82, 2.24) is 14.9 Å². The molecule has 1 heterocycles. The number of fused-ring (bicyclic) bond motifs is 1. The molecule has 2 N–H and O–H groups in total. The molecule has 0 aliphatic carbocycles. The first-order chi connectivity index (χ1) is 10.3. The summed E-state index contributed by atoms with van der Waals surface area (Å²) in [7, 11) is 1.77. The Kier molecular flexibility index (Phi) is 4.77. The first-order valence-corrected chi connectivity index (χ1v) is 7.18. The second kappa shape index (κ2) is 6.26. The van der Waals surface area contributed by atoms with Crippen molar-refractivity contribution in [3.8, 4) is 0 Å². The number of halogens is 3. The molecule has 0 amide bonds. The van der Waals surface area contributed by atoms with Gasteiger partial charge >= 0.3 is 6.18 Å². The minimum absolute atomic E-state index is 0.00298. The van der Waals surface area contributed by atoms with Gasteiger partial charge in [-0.05, 0) is 31.5 Å². The number of benzene rings is 1. The number of aryl methyl sites for hydroxylation is 1. The second-order valence-corrected chi connectivity index (χ2v) is 5.41. The number of hydrogen-bond acceptors (Lipinski definition) is 3. The molecule has 2 atom stereocenters. The maximum atomic E-state index is 12.8. The summed E-state index contributed by atoms with van der Waals surface area (Å²) in [6, 6.07) is 3.32. The third-order valence-corrected chi connectivity index (χ3v) is 3.83. The molecule has 2 aromatic rings. The zero-order valence-electron chi connectivity index (χ0n) is 12.8. The molecule has 1 aromatic carbocycles. The van der Waals surface area contributed by atoms with Crippen LogP contribution in [0.3, 0.4) is 0 Å². The Hall–Kier alpha value is -1.60. The highest BCUT2D eigenvalue weighted by atomic mass is 19.4. The molecule has 0 saturated carbocycles. The molecular formula is C15H20F3N3O. The van der Waals surface area contributed by atoms with Crippen molar-refractivity contribution in [2.75, 3.05) is 6.61 Å². The summed E-state index contributed by atoms with van der Waals surface area (Å²) in [6.07, 6.45) is -3.62. The summed E-state index contributed by atoms with van der Waals surface area (Å²) in [5, 5.41) is 12.5. The Morgan fingerprint density at radius 1 is 1.36 bits per heavy atom. The van der Waals surface area contributed by atoms with Gasteiger partial charge in [-0.3, -0.25) is 0 Å². The number of aromatic nitrogens is 2. The van der Waals surface area contributed by atoms with E-state index >= 15 is 0 Å². The van der Waals surface area contributed by atoms with Gasteiger partial charge in [0.15, 0.2) is 0 Å². The van der Waals surface area contributed by atoms with Gasteiger partial charge in [-0.15, -0.1) is 0 Å². The van der Waals surface area contributed by atoms with Gasteiger partial charge in [0.25, 0.3) is 0 Å². The quantitative estimate of drug-likeness (QED) is 0.892. The van der Waals surface area contributed by atoms with E-state index in [1.54, 1.807) is 11.6 Å². The zero-order chi connectivity index (χ0) is 16.5. The first kappa shape index (κ1) is 16.8. The van der Waals surface area contributed by atoms with E-state index in [0.717, 1.165) is 18.6 Å². The van der Waals surface area contributed by atoms with E-state index in [0.29, 0.717) is 16.9 Å². The lowest BCUT2D eigenvalue weighted by Gasteiger charge is -2.20. The summed E-state index contributed by atoms with van der Waals surface area (Å²) < 4.78 is 40.1. The van der Waals surface area contributed by atoms with Crippen LogP contribution in [0.4, 0.5) is 13.2 Å². The summed E-state index contributed by atoms with van der Waals surface area (Å²) >= 11 is 0. The van der Waals surface area contributed by atoms with Gasteiger partial charge in [-0.1, -0.05) is 6.92 Å². The first-order valence-electron chi connectivity index (χ1n) is 7.18. The summed E-state index contributed by atoms with van der Waals surface area (Å²) in [5.41, 5.74) is 0.263. The molecule has 2 rings (SSSR count). The van der Waals surface area contributed by atoms with Crippen LogP contribution in [0.1, 0.15) is 37.7 Å². The maximum absolute atomic E-state index is 12.8. The van der Waals surface area contributed by atoms with E-state index in [2.05, 4.69) is 10.3 Å². The Morgan fingerprint density at radius 3 is 2.59 bits per heavy atom. The molecule has 0 aliphatic heterocycles. The van der Waals surface area contributed by atoms with E-state index in [-0.39, 0.29) is 18.7 Å². The number of rotatable bonds is 5. The van der Waals surface area contributed by atoms with Crippen LogP contribution >= 0.6 is 0 Å². The molecule has 0 spiro atoms. The largest absolute Gasteiger partial charge is 0.416 e. The zero-order valence-corrected chi connectivity index (χ0v) is 12.8. The second-order valence-electron chi connectivity index (χ2n) is 5.41. The van der Waals surface area contributed by atoms with Crippen molar-refractivity contribution in [2.24, 2.45) is 7.05 Å². The van der Waals surface area contributed by atoms with E-state index in [4.69, 9.17) is 0 Å². The topological polar surface area (TPSA) is 50.1 Å². The number of nitrogens with one attached hydrogen (secondary N) is 1. The fourth-order valence-electron chi connectivity index (χ4n) is 2.51. The smallest absolute Gasteiger partial charge is 0.395 e. The van der Waals surface area contributed by atoms with Crippen molar-refractivity contribution >= 4 is 11.0 Å². The Balaban J connectivity index is 2.37. The van der Waals surface area contributed by atoms with Gasteiger partial charge in [0, 0.05) is 13.1 Å². The predicted octanol–water partition coefficient (Wildman–Crippen LogP) is 3.01. The molecule has 1 aromatic heterocycles. The number of imidazole rings is 1. The lowest BCUT2D eigenvalue weighted by Crippen LogP contribution is -2.34. The number of nitrogens with zero attached hydrogens (tertiary/aromatic N) is 2. The highest BCUT2D eigenvalue weighted by molar-refractivity contribution is 5.77. The Labute approximate surface area is 127 Å². The highest BCUT2D eigenvalue weighted by Crippen LogP contribution is 2.31. The van der Waals surface area contributed by atoms with Crippen LogP contribution in [0.5, 0.6) is 0 Å². The van der Waals surface area contributed by atoms with Crippen LogP contribution in [0, 0.1) is 0 Å². The van der Waals surface area contributed by atoms with Gasteiger partial charge < -0.3 is 15.0 Å². The van der Waals surface area contributed by atoms with E-state index in [9.17, 15) is 18.3 Å². The van der Waals surface area contributed by atoms with Gasteiger partial charge in [0.05, 0.1) is 29.2 Å². The average molecular weight is 315 g/mol. The fourth-order valence-corrected chi connectivity index (χ4v) is 2.51. The molecule has 0 fully saturated rings. The highest BCUT2D eigenvalue weighted by Gasteiger charge is 2.31. The lowest BCUT2D eigenvalue weighted by atomic mass is 10.2. The minimum Gasteiger partial charge on any atom is -0.395 e. The van der Waals surface area contributed by atoms with E-state index < -0.39 is 11.7 Å². The van der Waals surface area contributed by atoms with Crippen molar-refractivity contribution in [1.29, 1.82) is 0 Å². The van der Waals surface area contributed by atoms with Crippen LogP contribution in [0.25, 0.3) is 11.0 Å². The normalized spacial score (nSPS) is 15.2. The third kappa shape index (κ3) is 3.25. The summed E-state index contributed by atoms with van der Waals surface area (Å²) in [6.45, 7) is 3.83. The van der Waals surface area contributed by atoms with Crippen molar-refractivity contribution in [3.05, 3.63) is 29.6 Å². The number of aliphatic hydroxyl groups is 1. The SMILES string of the molecule is CCC(CO)NC(C)c1nc2cc(C(F)(F)F)ccc2n1C. The third-order valence-electron chi connectivity index (χ3n) is 3.83. The molecular weight excluding hydrogens is 295 g/mol. The van der Waals surface area contributed by atoms with Crippen LogP contribution in [0.2, 0.25) is 0 Å². The van der Waals surface area contributed by atoms with Gasteiger partial charge in [-0.25, -0.2) is 4.98 Å². The average Bonchev–Trinajstić information content (AvgIpc) is 2.80. The van der Waals surface area contributed by atoms with Crippen molar-refractivity contribution < 1.29 is 18.3 Å². The number of hydrogen-bond donors (Lipinski definition) is 2. The molecule has 0 radical (unpaired) electrons. The van der Waals surface area contributed by atoms with E-state index in [1.807, 2.05) is 13.8 Å². The lowest BCUT2D eigenvalue weighted by molar-refractivity contribution is -0.137. The van der Waals surface area contributed by atoms with Crippen LogP contribution in [-0.2, 0) is 13.2 Å². The molecule has 0 bridgehead atoms. The minimum atomic E-state index is -4.38. The van der Waals surface area contributed by atoms with Crippen molar-refractivity contribution in [3.63, 3.8) is 0 Å². The standard InChI is InChI=1S/C15H20F3N3O/c1-4-11(8-22)19-9(2)14-20-12-7-10(15(16,17)18)5-6-13(12)21(14)3/h5-7,9,11,19,22H,4,8H2,1-3H3. The van der Waals surface area contributed by atoms with Crippen LogP contribution in [-0.4, -0.2) is 27.3 Å². The Morgan fingerprint density at radius 2 is 2.05 bits per heavy atom. The number of aliphatic hydroxyl groups excluding tert-OH is 1. The van der Waals surface area contributed by atoms with Crippen molar-refractivity contribution in [2.45, 2.75) is 38.5 Å². The maximum Gasteiger partial charge on any atom is 0.416 e.